The van der Waals surface area contributed by atoms with Crippen LogP contribution in [0.1, 0.15) is 5.69 Å². The third kappa shape index (κ3) is 1.33. The standard InChI is InChI=1S/C7H8N4OS/c1-4-3-5(12)11-6(8-4)9-7(10-11)13-2/h3H,1-2H3,(H,8,9,10). The maximum absolute atomic E-state index is 11.4. The molecule has 0 unspecified atom stereocenters. The van der Waals surface area contributed by atoms with Crippen molar-refractivity contribution >= 4 is 17.5 Å². The molecule has 0 atom stereocenters. The Bertz CT molecular complexity index is 501. The molecule has 2 heterocycles. The lowest BCUT2D eigenvalue weighted by Crippen LogP contribution is -2.14. The first-order valence-electron chi connectivity index (χ1n) is 3.71. The normalized spacial score (nSPS) is 10.9. The molecule has 0 bridgehead atoms. The lowest BCUT2D eigenvalue weighted by Gasteiger charge is -1.90. The number of hydrogen-bond donors (Lipinski definition) is 1. The molecule has 5 nitrogen and oxygen atoms in total. The van der Waals surface area contributed by atoms with Crippen molar-refractivity contribution in [3.8, 4) is 0 Å². The van der Waals surface area contributed by atoms with Gasteiger partial charge in [0, 0.05) is 11.8 Å². The third-order valence-corrected chi connectivity index (χ3v) is 2.20. The van der Waals surface area contributed by atoms with Crippen LogP contribution in [0.2, 0.25) is 0 Å². The largest absolute Gasteiger partial charge is 0.274 e. The molecule has 0 aromatic carbocycles. The number of aromatic nitrogens is 4. The molecule has 0 spiro atoms. The molecule has 2 aromatic heterocycles. The van der Waals surface area contributed by atoms with E-state index in [9.17, 15) is 4.79 Å². The topological polar surface area (TPSA) is 63.1 Å². The molecular weight excluding hydrogens is 188 g/mol. The van der Waals surface area contributed by atoms with Gasteiger partial charge in [0.15, 0.2) is 5.16 Å². The Kier molecular flexibility index (Phi) is 1.84. The molecule has 0 saturated carbocycles. The summed E-state index contributed by atoms with van der Waals surface area (Å²) in [6.07, 6.45) is 1.88. The summed E-state index contributed by atoms with van der Waals surface area (Å²) >= 11 is 1.44. The second-order valence-corrected chi connectivity index (χ2v) is 3.40. The third-order valence-electron chi connectivity index (χ3n) is 1.63. The van der Waals surface area contributed by atoms with Gasteiger partial charge in [-0.1, -0.05) is 11.8 Å². The van der Waals surface area contributed by atoms with E-state index in [1.165, 1.54) is 22.3 Å². The first-order valence-corrected chi connectivity index (χ1v) is 4.93. The lowest BCUT2D eigenvalue weighted by molar-refractivity contribution is 0.846. The Labute approximate surface area is 78.2 Å². The molecule has 0 fully saturated rings. The number of hydrogen-bond acceptors (Lipinski definition) is 4. The second kappa shape index (κ2) is 2.88. The van der Waals surface area contributed by atoms with Gasteiger partial charge in [0.05, 0.1) is 0 Å². The van der Waals surface area contributed by atoms with Crippen molar-refractivity contribution in [1.29, 1.82) is 0 Å². The van der Waals surface area contributed by atoms with Gasteiger partial charge in [0.1, 0.15) is 0 Å². The Morgan fingerprint density at radius 3 is 3.00 bits per heavy atom. The Morgan fingerprint density at radius 1 is 1.54 bits per heavy atom. The molecule has 0 aliphatic carbocycles. The van der Waals surface area contributed by atoms with Crippen LogP contribution in [0, 0.1) is 6.92 Å². The molecule has 0 radical (unpaired) electrons. The van der Waals surface area contributed by atoms with Crippen molar-refractivity contribution in [2.24, 2.45) is 0 Å². The highest BCUT2D eigenvalue weighted by atomic mass is 32.2. The molecule has 68 valence electrons. The summed E-state index contributed by atoms with van der Waals surface area (Å²) in [5, 5.41) is 3.52. The van der Waals surface area contributed by atoms with E-state index in [0.717, 1.165) is 0 Å². The average Bonchev–Trinajstić information content (AvgIpc) is 2.47. The van der Waals surface area contributed by atoms with Crippen LogP contribution in [0.25, 0.3) is 5.78 Å². The molecular formula is C7H8N4OS. The first-order chi connectivity index (χ1) is 6.20. The summed E-state index contributed by atoms with van der Waals surface area (Å²) in [6.45, 7) is 1.77. The van der Waals surface area contributed by atoms with E-state index >= 15 is 0 Å². The molecule has 2 rings (SSSR count). The van der Waals surface area contributed by atoms with Gasteiger partial charge in [0.25, 0.3) is 11.3 Å². The minimum atomic E-state index is -0.129. The predicted octanol–water partition coefficient (Wildman–Crippen LogP) is 0.448. The van der Waals surface area contributed by atoms with E-state index in [0.29, 0.717) is 16.6 Å². The summed E-state index contributed by atoms with van der Waals surface area (Å²) in [7, 11) is 0. The van der Waals surface area contributed by atoms with Crippen molar-refractivity contribution in [3.05, 3.63) is 22.1 Å². The zero-order valence-corrected chi connectivity index (χ0v) is 8.05. The number of fused-ring (bicyclic) bond motifs is 1. The average molecular weight is 196 g/mol. The van der Waals surface area contributed by atoms with Gasteiger partial charge in [-0.2, -0.15) is 9.50 Å². The maximum atomic E-state index is 11.4. The number of H-pyrrole nitrogens is 1. The van der Waals surface area contributed by atoms with Gasteiger partial charge in [-0.3, -0.25) is 9.89 Å². The molecule has 0 aliphatic rings. The van der Waals surface area contributed by atoms with Crippen LogP contribution in [-0.4, -0.2) is 25.8 Å². The SMILES string of the molecule is CSc1nc2nc(C)cc(=O)n2[nH]1. The Balaban J connectivity index is 2.83. The quantitative estimate of drug-likeness (QED) is 0.672. The fourth-order valence-electron chi connectivity index (χ4n) is 1.06. The van der Waals surface area contributed by atoms with Gasteiger partial charge in [-0.15, -0.1) is 0 Å². The van der Waals surface area contributed by atoms with Crippen molar-refractivity contribution in [3.63, 3.8) is 0 Å². The van der Waals surface area contributed by atoms with Crippen LogP contribution >= 0.6 is 11.8 Å². The number of aromatic amines is 1. The number of aryl methyl sites for hydroxylation is 1. The Hall–Kier alpha value is -1.30. The molecule has 0 aliphatic heterocycles. The smallest absolute Gasteiger partial charge is 0.267 e. The van der Waals surface area contributed by atoms with Crippen LogP contribution in [0.4, 0.5) is 0 Å². The number of rotatable bonds is 1. The molecule has 2 aromatic rings. The minimum absolute atomic E-state index is 0.129. The zero-order chi connectivity index (χ0) is 9.42. The highest BCUT2D eigenvalue weighted by Crippen LogP contribution is 2.07. The van der Waals surface area contributed by atoms with Gasteiger partial charge in [0.2, 0.25) is 0 Å². The molecule has 13 heavy (non-hydrogen) atoms. The van der Waals surface area contributed by atoms with Crippen LogP contribution in [-0.2, 0) is 0 Å². The lowest BCUT2D eigenvalue weighted by atomic mass is 10.5. The van der Waals surface area contributed by atoms with E-state index < -0.39 is 0 Å². The fourth-order valence-corrected chi connectivity index (χ4v) is 1.42. The highest BCUT2D eigenvalue weighted by Gasteiger charge is 2.04. The first kappa shape index (κ1) is 8.31. The van der Waals surface area contributed by atoms with E-state index in [4.69, 9.17) is 0 Å². The number of thioether (sulfide) groups is 1. The zero-order valence-electron chi connectivity index (χ0n) is 7.24. The molecule has 0 saturated heterocycles. The van der Waals surface area contributed by atoms with Gasteiger partial charge in [-0.25, -0.2) is 4.98 Å². The molecule has 0 amide bonds. The van der Waals surface area contributed by atoms with Crippen molar-refractivity contribution < 1.29 is 0 Å². The van der Waals surface area contributed by atoms with Gasteiger partial charge in [-0.05, 0) is 13.2 Å². The summed E-state index contributed by atoms with van der Waals surface area (Å²) in [5.74, 6) is 0.425. The van der Waals surface area contributed by atoms with Crippen molar-refractivity contribution in [2.75, 3.05) is 6.26 Å². The van der Waals surface area contributed by atoms with E-state index in [1.807, 2.05) is 6.26 Å². The summed E-state index contributed by atoms with van der Waals surface area (Å²) < 4.78 is 1.33. The van der Waals surface area contributed by atoms with E-state index in [-0.39, 0.29) is 5.56 Å². The van der Waals surface area contributed by atoms with Gasteiger partial charge >= 0.3 is 0 Å². The summed E-state index contributed by atoms with van der Waals surface area (Å²) in [6, 6.07) is 1.47. The molecule has 1 N–H and O–H groups in total. The van der Waals surface area contributed by atoms with Crippen LogP contribution in [0.5, 0.6) is 0 Å². The number of nitrogens with one attached hydrogen (secondary N) is 1. The van der Waals surface area contributed by atoms with Crippen LogP contribution in [0.3, 0.4) is 0 Å². The second-order valence-electron chi connectivity index (χ2n) is 2.60. The summed E-state index contributed by atoms with van der Waals surface area (Å²) in [5.41, 5.74) is 0.555. The summed E-state index contributed by atoms with van der Waals surface area (Å²) in [4.78, 5) is 19.6. The van der Waals surface area contributed by atoms with Crippen LogP contribution in [0.15, 0.2) is 16.0 Å². The van der Waals surface area contributed by atoms with E-state index in [1.54, 1.807) is 6.92 Å². The van der Waals surface area contributed by atoms with E-state index in [2.05, 4.69) is 15.1 Å². The van der Waals surface area contributed by atoms with Gasteiger partial charge < -0.3 is 0 Å². The fraction of sp³-hybridized carbons (Fsp3) is 0.286. The predicted molar refractivity (Wildman–Crippen MR) is 50.1 cm³/mol. The Morgan fingerprint density at radius 2 is 2.31 bits per heavy atom. The highest BCUT2D eigenvalue weighted by molar-refractivity contribution is 7.98. The monoisotopic (exact) mass is 196 g/mol. The molecule has 6 heteroatoms. The minimum Gasteiger partial charge on any atom is -0.267 e. The van der Waals surface area contributed by atoms with Crippen molar-refractivity contribution in [2.45, 2.75) is 12.1 Å². The van der Waals surface area contributed by atoms with Crippen LogP contribution < -0.4 is 5.56 Å². The maximum Gasteiger partial charge on any atom is 0.274 e. The number of nitrogens with zero attached hydrogens (tertiary/aromatic N) is 3. The van der Waals surface area contributed by atoms with Crippen molar-refractivity contribution in [1.82, 2.24) is 19.6 Å².